The van der Waals surface area contributed by atoms with Crippen molar-refractivity contribution in [2.45, 2.75) is 26.7 Å². The Hall–Kier alpha value is -4.26. The Kier molecular flexibility index (Phi) is 6.31. The minimum absolute atomic E-state index is 0.147. The number of carbonyl (C=O) groups excluding carboxylic acids is 3. The predicted molar refractivity (Wildman–Crippen MR) is 130 cm³/mol. The van der Waals surface area contributed by atoms with Gasteiger partial charge in [0, 0.05) is 29.8 Å². The molecule has 3 aromatic rings. The van der Waals surface area contributed by atoms with Crippen molar-refractivity contribution in [2.24, 2.45) is 5.10 Å². The monoisotopic (exact) mass is 440 g/mol. The highest BCUT2D eigenvalue weighted by atomic mass is 16.2. The van der Waals surface area contributed by atoms with Crippen molar-refractivity contribution in [3.8, 4) is 0 Å². The number of amides is 3. The van der Waals surface area contributed by atoms with Gasteiger partial charge in [0.1, 0.15) is 5.71 Å². The first-order valence-corrected chi connectivity index (χ1v) is 10.7. The van der Waals surface area contributed by atoms with Crippen LogP contribution in [-0.2, 0) is 9.59 Å². The Morgan fingerprint density at radius 2 is 1.52 bits per heavy atom. The van der Waals surface area contributed by atoms with Gasteiger partial charge in [0.05, 0.1) is 5.69 Å². The number of nitrogens with zero attached hydrogens (tertiary/aromatic N) is 2. The molecule has 0 unspecified atom stereocenters. The summed E-state index contributed by atoms with van der Waals surface area (Å²) >= 11 is 0. The Balaban J connectivity index is 1.50. The molecule has 3 aromatic carbocycles. The normalized spacial score (nSPS) is 13.3. The van der Waals surface area contributed by atoms with Crippen LogP contribution in [0.15, 0.2) is 77.9 Å². The summed E-state index contributed by atoms with van der Waals surface area (Å²) in [5.74, 6) is -0.770. The zero-order chi connectivity index (χ0) is 23.4. The molecular weight excluding hydrogens is 416 g/mol. The van der Waals surface area contributed by atoms with Crippen molar-refractivity contribution in [3.05, 3.63) is 89.5 Å². The minimum atomic E-state index is -0.385. The lowest BCUT2D eigenvalue weighted by Gasteiger charge is -2.24. The molecule has 0 saturated carbocycles. The molecule has 1 aliphatic heterocycles. The maximum atomic E-state index is 12.9. The number of hydrogen-bond donors (Lipinski definition) is 2. The lowest BCUT2D eigenvalue weighted by Crippen LogP contribution is -2.36. The third-order valence-electron chi connectivity index (χ3n) is 5.30. The van der Waals surface area contributed by atoms with E-state index >= 15 is 0 Å². The van der Waals surface area contributed by atoms with Gasteiger partial charge in [-0.05, 0) is 61.4 Å². The first kappa shape index (κ1) is 22.0. The van der Waals surface area contributed by atoms with Crippen LogP contribution in [0, 0.1) is 13.8 Å². The van der Waals surface area contributed by atoms with Gasteiger partial charge >= 0.3 is 0 Å². The van der Waals surface area contributed by atoms with E-state index in [2.05, 4.69) is 15.7 Å². The maximum absolute atomic E-state index is 12.9. The summed E-state index contributed by atoms with van der Waals surface area (Å²) < 4.78 is 0. The molecule has 0 aromatic heterocycles. The number of hydrogen-bond acceptors (Lipinski definition) is 4. The van der Waals surface area contributed by atoms with Crippen molar-refractivity contribution >= 4 is 40.5 Å². The zero-order valence-electron chi connectivity index (χ0n) is 18.5. The Morgan fingerprint density at radius 1 is 0.818 bits per heavy atom. The molecular formula is C26H24N4O3. The van der Waals surface area contributed by atoms with Crippen LogP contribution >= 0.6 is 0 Å². The van der Waals surface area contributed by atoms with Crippen LogP contribution in [0.4, 0.5) is 17.1 Å². The number of aryl methyl sites for hydroxylation is 2. The molecule has 3 amide bonds. The van der Waals surface area contributed by atoms with E-state index in [4.69, 9.17) is 0 Å². The minimum Gasteiger partial charge on any atom is -0.322 e. The van der Waals surface area contributed by atoms with Crippen molar-refractivity contribution in [1.82, 2.24) is 0 Å². The molecule has 0 radical (unpaired) electrons. The van der Waals surface area contributed by atoms with Crippen LogP contribution < -0.4 is 15.6 Å². The molecule has 2 N–H and O–H groups in total. The predicted octanol–water partition coefficient (Wildman–Crippen LogP) is 4.68. The number of carbonyl (C=O) groups is 3. The average Bonchev–Trinajstić information content (AvgIpc) is 2.82. The Morgan fingerprint density at radius 3 is 2.24 bits per heavy atom. The number of nitrogens with one attached hydrogen (secondary N) is 2. The maximum Gasteiger partial charge on any atom is 0.271 e. The van der Waals surface area contributed by atoms with Crippen LogP contribution in [0.1, 0.15) is 34.3 Å². The van der Waals surface area contributed by atoms with Gasteiger partial charge in [-0.1, -0.05) is 36.4 Å². The molecule has 0 spiro atoms. The second-order valence-corrected chi connectivity index (χ2v) is 7.90. The molecule has 0 aliphatic carbocycles. The number of hydrazone groups is 1. The summed E-state index contributed by atoms with van der Waals surface area (Å²) in [5, 5.41) is 11.3. The highest BCUT2D eigenvalue weighted by Crippen LogP contribution is 2.26. The van der Waals surface area contributed by atoms with Gasteiger partial charge in [0.25, 0.3) is 11.8 Å². The SMILES string of the molecule is Cc1ccc(C)c(N2N=C(C(=O)Nc3cccc(NC(=O)c4ccccc4)c3)CCC2=O)c1. The first-order chi connectivity index (χ1) is 15.9. The van der Waals surface area contributed by atoms with E-state index in [1.54, 1.807) is 48.5 Å². The molecule has 0 saturated heterocycles. The molecule has 166 valence electrons. The molecule has 0 fully saturated rings. The topological polar surface area (TPSA) is 90.9 Å². The summed E-state index contributed by atoms with van der Waals surface area (Å²) in [5.41, 5.74) is 4.47. The number of anilines is 3. The van der Waals surface area contributed by atoms with Gasteiger partial charge in [-0.2, -0.15) is 5.10 Å². The van der Waals surface area contributed by atoms with E-state index in [9.17, 15) is 14.4 Å². The first-order valence-electron chi connectivity index (χ1n) is 10.7. The fourth-order valence-corrected chi connectivity index (χ4v) is 3.52. The Bertz CT molecular complexity index is 1250. The molecule has 1 heterocycles. The number of rotatable bonds is 5. The highest BCUT2D eigenvalue weighted by Gasteiger charge is 2.26. The summed E-state index contributed by atoms with van der Waals surface area (Å²) in [6.45, 7) is 3.85. The van der Waals surface area contributed by atoms with Gasteiger partial charge in [0.15, 0.2) is 0 Å². The van der Waals surface area contributed by atoms with Crippen molar-refractivity contribution < 1.29 is 14.4 Å². The summed E-state index contributed by atoms with van der Waals surface area (Å²) in [7, 11) is 0. The number of benzene rings is 3. The van der Waals surface area contributed by atoms with E-state index in [1.807, 2.05) is 38.1 Å². The lowest BCUT2D eigenvalue weighted by atomic mass is 10.1. The van der Waals surface area contributed by atoms with Crippen LogP contribution in [0.3, 0.4) is 0 Å². The smallest absolute Gasteiger partial charge is 0.271 e. The van der Waals surface area contributed by atoms with Crippen LogP contribution in [0.25, 0.3) is 0 Å². The molecule has 7 heteroatoms. The summed E-state index contributed by atoms with van der Waals surface area (Å²) in [6, 6.07) is 21.6. The fraction of sp³-hybridized carbons (Fsp3) is 0.154. The third-order valence-corrected chi connectivity index (χ3v) is 5.30. The zero-order valence-corrected chi connectivity index (χ0v) is 18.5. The van der Waals surface area contributed by atoms with Crippen molar-refractivity contribution in [1.29, 1.82) is 0 Å². The molecule has 7 nitrogen and oxygen atoms in total. The standard InChI is InChI=1S/C26H24N4O3/c1-17-11-12-18(2)23(15-17)30-24(31)14-13-22(29-30)26(33)28-21-10-6-9-20(16-21)27-25(32)19-7-4-3-5-8-19/h3-12,15-16H,13-14H2,1-2H3,(H,27,32)(H,28,33). The summed E-state index contributed by atoms with van der Waals surface area (Å²) in [6.07, 6.45) is 0.462. The van der Waals surface area contributed by atoms with Crippen LogP contribution in [0.5, 0.6) is 0 Å². The molecule has 0 atom stereocenters. The highest BCUT2D eigenvalue weighted by molar-refractivity contribution is 6.44. The summed E-state index contributed by atoms with van der Waals surface area (Å²) in [4.78, 5) is 37.8. The van der Waals surface area contributed by atoms with Gasteiger partial charge in [-0.25, -0.2) is 5.01 Å². The Labute approximate surface area is 192 Å². The van der Waals surface area contributed by atoms with E-state index < -0.39 is 0 Å². The molecule has 4 rings (SSSR count). The average molecular weight is 441 g/mol. The van der Waals surface area contributed by atoms with E-state index in [0.29, 0.717) is 22.6 Å². The lowest BCUT2D eigenvalue weighted by molar-refractivity contribution is -0.118. The molecule has 0 bridgehead atoms. The van der Waals surface area contributed by atoms with E-state index in [0.717, 1.165) is 11.1 Å². The molecule has 33 heavy (non-hydrogen) atoms. The van der Waals surface area contributed by atoms with Crippen molar-refractivity contribution in [2.75, 3.05) is 15.6 Å². The largest absolute Gasteiger partial charge is 0.322 e. The van der Waals surface area contributed by atoms with Crippen LogP contribution in [-0.4, -0.2) is 23.4 Å². The van der Waals surface area contributed by atoms with Gasteiger partial charge in [0.2, 0.25) is 5.91 Å². The van der Waals surface area contributed by atoms with Crippen molar-refractivity contribution in [3.63, 3.8) is 0 Å². The third kappa shape index (κ3) is 5.15. The second-order valence-electron chi connectivity index (χ2n) is 7.90. The van der Waals surface area contributed by atoms with E-state index in [-0.39, 0.29) is 36.3 Å². The van der Waals surface area contributed by atoms with Gasteiger partial charge in [-0.15, -0.1) is 0 Å². The second kappa shape index (κ2) is 9.48. The van der Waals surface area contributed by atoms with E-state index in [1.165, 1.54) is 5.01 Å². The van der Waals surface area contributed by atoms with Crippen LogP contribution in [0.2, 0.25) is 0 Å². The quantitative estimate of drug-likeness (QED) is 0.604. The fourth-order valence-electron chi connectivity index (χ4n) is 3.52. The molecule has 1 aliphatic rings. The van der Waals surface area contributed by atoms with Gasteiger partial charge in [-0.3, -0.25) is 14.4 Å². The van der Waals surface area contributed by atoms with Gasteiger partial charge < -0.3 is 10.6 Å².